The van der Waals surface area contributed by atoms with Gasteiger partial charge in [0.15, 0.2) is 0 Å². The van der Waals surface area contributed by atoms with Gasteiger partial charge in [0.25, 0.3) is 0 Å². The third kappa shape index (κ3) is 2.92. The Hall–Kier alpha value is -1.24. The first-order valence-corrected chi connectivity index (χ1v) is 7.93. The van der Waals surface area contributed by atoms with Gasteiger partial charge in [0.2, 0.25) is 11.7 Å². The zero-order valence-electron chi connectivity index (χ0n) is 11.7. The van der Waals surface area contributed by atoms with Crippen LogP contribution in [-0.2, 0) is 6.54 Å². The van der Waals surface area contributed by atoms with Crippen LogP contribution in [0.2, 0.25) is 0 Å². The molecule has 0 aliphatic carbocycles. The van der Waals surface area contributed by atoms with Crippen molar-refractivity contribution in [3.8, 4) is 10.7 Å². The minimum Gasteiger partial charge on any atom is -0.338 e. The van der Waals surface area contributed by atoms with E-state index in [1.54, 1.807) is 11.3 Å². The molecule has 2 unspecified atom stereocenters. The molecule has 0 saturated carbocycles. The van der Waals surface area contributed by atoms with Crippen molar-refractivity contribution in [3.63, 3.8) is 0 Å². The van der Waals surface area contributed by atoms with Gasteiger partial charge in [-0.1, -0.05) is 18.1 Å². The second kappa shape index (κ2) is 6.03. The molecule has 20 heavy (non-hydrogen) atoms. The van der Waals surface area contributed by atoms with Crippen molar-refractivity contribution in [2.45, 2.75) is 19.9 Å². The molecule has 5 nitrogen and oxygen atoms in total. The Morgan fingerprint density at radius 1 is 1.55 bits per heavy atom. The number of nitrogens with two attached hydrogens (primary N) is 1. The highest BCUT2D eigenvalue weighted by atomic mass is 32.1. The van der Waals surface area contributed by atoms with Crippen LogP contribution in [0.4, 0.5) is 0 Å². The van der Waals surface area contributed by atoms with E-state index in [1.165, 1.54) is 6.42 Å². The molecule has 2 aromatic rings. The lowest BCUT2D eigenvalue weighted by Gasteiger charge is -2.35. The van der Waals surface area contributed by atoms with Crippen molar-refractivity contribution in [2.75, 3.05) is 19.6 Å². The maximum Gasteiger partial charge on any atom is 0.241 e. The summed E-state index contributed by atoms with van der Waals surface area (Å²) in [7, 11) is 0. The first-order valence-electron chi connectivity index (χ1n) is 7.05. The summed E-state index contributed by atoms with van der Waals surface area (Å²) in [4.78, 5) is 7.89. The van der Waals surface area contributed by atoms with E-state index in [0.717, 1.165) is 31.1 Å². The number of rotatable bonds is 4. The lowest BCUT2D eigenvalue weighted by molar-refractivity contribution is 0.114. The van der Waals surface area contributed by atoms with Crippen LogP contribution in [0.1, 0.15) is 19.2 Å². The van der Waals surface area contributed by atoms with Gasteiger partial charge in [0.1, 0.15) is 0 Å². The van der Waals surface area contributed by atoms with Crippen molar-refractivity contribution < 1.29 is 4.52 Å². The summed E-state index contributed by atoms with van der Waals surface area (Å²) in [5.74, 6) is 2.67. The Balaban J connectivity index is 1.64. The molecule has 2 aromatic heterocycles. The Morgan fingerprint density at radius 3 is 3.20 bits per heavy atom. The van der Waals surface area contributed by atoms with Gasteiger partial charge >= 0.3 is 0 Å². The highest BCUT2D eigenvalue weighted by molar-refractivity contribution is 7.13. The molecule has 2 atom stereocenters. The molecule has 3 rings (SSSR count). The fraction of sp³-hybridized carbons (Fsp3) is 0.571. The standard InChI is InChI=1S/C14H20N4OS/c1-10-4-5-18(8-11(10)7-15)9-13-16-14(17-19-13)12-3-2-6-20-12/h2-3,6,10-11H,4-5,7-9,15H2,1H3. The smallest absolute Gasteiger partial charge is 0.241 e. The normalized spacial score (nSPS) is 24.1. The quantitative estimate of drug-likeness (QED) is 0.935. The molecule has 3 heterocycles. The Bertz CT molecular complexity index is 539. The van der Waals surface area contributed by atoms with Gasteiger partial charge in [-0.25, -0.2) is 0 Å². The molecule has 0 aromatic carbocycles. The van der Waals surface area contributed by atoms with Crippen molar-refractivity contribution >= 4 is 11.3 Å². The number of likely N-dealkylation sites (tertiary alicyclic amines) is 1. The van der Waals surface area contributed by atoms with Gasteiger partial charge in [-0.3, -0.25) is 4.90 Å². The van der Waals surface area contributed by atoms with E-state index in [-0.39, 0.29) is 0 Å². The van der Waals surface area contributed by atoms with Gasteiger partial charge in [0, 0.05) is 6.54 Å². The van der Waals surface area contributed by atoms with Crippen molar-refractivity contribution in [1.82, 2.24) is 15.0 Å². The SMILES string of the molecule is CC1CCN(Cc2nc(-c3cccs3)no2)CC1CN. The number of hydrogen-bond donors (Lipinski definition) is 1. The van der Waals surface area contributed by atoms with Crippen LogP contribution in [0.15, 0.2) is 22.0 Å². The first-order chi connectivity index (χ1) is 9.76. The van der Waals surface area contributed by atoms with E-state index in [9.17, 15) is 0 Å². The molecular weight excluding hydrogens is 272 g/mol. The van der Waals surface area contributed by atoms with Crippen molar-refractivity contribution in [1.29, 1.82) is 0 Å². The van der Waals surface area contributed by atoms with E-state index >= 15 is 0 Å². The van der Waals surface area contributed by atoms with Crippen LogP contribution in [0.3, 0.4) is 0 Å². The lowest BCUT2D eigenvalue weighted by Crippen LogP contribution is -2.42. The Morgan fingerprint density at radius 2 is 2.45 bits per heavy atom. The predicted molar refractivity (Wildman–Crippen MR) is 79.2 cm³/mol. The summed E-state index contributed by atoms with van der Waals surface area (Å²) in [6.45, 7) is 5.86. The highest BCUT2D eigenvalue weighted by Crippen LogP contribution is 2.25. The number of piperidine rings is 1. The summed E-state index contributed by atoms with van der Waals surface area (Å²) in [5, 5.41) is 6.07. The van der Waals surface area contributed by atoms with Gasteiger partial charge in [-0.15, -0.1) is 11.3 Å². The zero-order chi connectivity index (χ0) is 13.9. The van der Waals surface area contributed by atoms with Crippen molar-refractivity contribution in [3.05, 3.63) is 23.4 Å². The molecule has 0 radical (unpaired) electrons. The molecule has 0 spiro atoms. The van der Waals surface area contributed by atoms with Crippen LogP contribution in [0.25, 0.3) is 10.7 Å². The zero-order valence-corrected chi connectivity index (χ0v) is 12.5. The fourth-order valence-electron chi connectivity index (χ4n) is 2.69. The lowest BCUT2D eigenvalue weighted by atomic mass is 9.87. The monoisotopic (exact) mass is 292 g/mol. The topological polar surface area (TPSA) is 68.2 Å². The maximum atomic E-state index is 5.84. The Labute approximate surface area is 122 Å². The summed E-state index contributed by atoms with van der Waals surface area (Å²) in [6.07, 6.45) is 1.19. The van der Waals surface area contributed by atoms with Gasteiger partial charge in [0.05, 0.1) is 11.4 Å². The second-order valence-corrected chi connectivity index (χ2v) is 6.43. The van der Waals surface area contributed by atoms with Gasteiger partial charge in [-0.05, 0) is 42.8 Å². The molecule has 6 heteroatoms. The number of thiophene rings is 1. The third-order valence-corrected chi connectivity index (χ3v) is 4.94. The molecular formula is C14H20N4OS. The highest BCUT2D eigenvalue weighted by Gasteiger charge is 2.26. The number of hydrogen-bond acceptors (Lipinski definition) is 6. The minimum atomic E-state index is 0.573. The largest absolute Gasteiger partial charge is 0.338 e. The first kappa shape index (κ1) is 13.7. The molecule has 0 amide bonds. The third-order valence-electron chi connectivity index (χ3n) is 4.07. The molecule has 108 valence electrons. The molecule has 1 aliphatic rings. The van der Waals surface area contributed by atoms with Crippen LogP contribution in [0, 0.1) is 11.8 Å². The van der Waals surface area contributed by atoms with E-state index in [1.807, 2.05) is 17.5 Å². The number of nitrogens with zero attached hydrogens (tertiary/aromatic N) is 3. The summed E-state index contributed by atoms with van der Waals surface area (Å²) >= 11 is 1.62. The van der Waals surface area contributed by atoms with Crippen molar-refractivity contribution in [2.24, 2.45) is 17.6 Å². The molecule has 1 aliphatic heterocycles. The molecule has 1 fully saturated rings. The molecule has 2 N–H and O–H groups in total. The van der Waals surface area contributed by atoms with Gasteiger partial charge in [-0.2, -0.15) is 4.98 Å². The molecule has 1 saturated heterocycles. The summed E-state index contributed by atoms with van der Waals surface area (Å²) < 4.78 is 5.36. The van der Waals surface area contributed by atoms with Crippen LogP contribution in [-0.4, -0.2) is 34.7 Å². The van der Waals surface area contributed by atoms with E-state index in [4.69, 9.17) is 10.3 Å². The fourth-order valence-corrected chi connectivity index (χ4v) is 3.34. The minimum absolute atomic E-state index is 0.573. The van der Waals surface area contributed by atoms with E-state index in [2.05, 4.69) is 22.0 Å². The van der Waals surface area contributed by atoms with E-state index in [0.29, 0.717) is 23.6 Å². The Kier molecular flexibility index (Phi) is 4.14. The summed E-state index contributed by atoms with van der Waals surface area (Å²) in [5.41, 5.74) is 5.84. The van der Waals surface area contributed by atoms with E-state index < -0.39 is 0 Å². The van der Waals surface area contributed by atoms with Gasteiger partial charge < -0.3 is 10.3 Å². The average Bonchev–Trinajstić information content (AvgIpc) is 3.11. The van der Waals surface area contributed by atoms with Crippen LogP contribution >= 0.6 is 11.3 Å². The molecule has 0 bridgehead atoms. The number of aromatic nitrogens is 2. The maximum absolute atomic E-state index is 5.84. The van der Waals surface area contributed by atoms with Crippen LogP contribution in [0.5, 0.6) is 0 Å². The summed E-state index contributed by atoms with van der Waals surface area (Å²) in [6, 6.07) is 4.00. The average molecular weight is 292 g/mol. The van der Waals surface area contributed by atoms with Crippen LogP contribution < -0.4 is 5.73 Å². The second-order valence-electron chi connectivity index (χ2n) is 5.49. The predicted octanol–water partition coefficient (Wildman–Crippen LogP) is 2.21.